The number of thiophene rings is 1. The van der Waals surface area contributed by atoms with Gasteiger partial charge < -0.3 is 5.32 Å². The smallest absolute Gasteiger partial charge is 0.311 e. The summed E-state index contributed by atoms with van der Waals surface area (Å²) in [5, 5.41) is 14.6. The summed E-state index contributed by atoms with van der Waals surface area (Å²) in [6.45, 7) is 6.01. The summed E-state index contributed by atoms with van der Waals surface area (Å²) < 4.78 is 0. The quantitative estimate of drug-likeness (QED) is 0.465. The highest BCUT2D eigenvalue weighted by Gasteiger charge is 2.08. The third-order valence-electron chi connectivity index (χ3n) is 1.86. The van der Waals surface area contributed by atoms with Crippen LogP contribution in [0.15, 0.2) is 12.1 Å². The van der Waals surface area contributed by atoms with Gasteiger partial charge in [0.25, 0.3) is 0 Å². The Morgan fingerprint density at radius 2 is 2.31 bits per heavy atom. The summed E-state index contributed by atoms with van der Waals surface area (Å²) >= 11 is 3.15. The van der Waals surface area contributed by atoms with Gasteiger partial charge in [0.2, 0.25) is 0 Å². The Kier molecular flexibility index (Phi) is 5.79. The van der Waals surface area contributed by atoms with E-state index in [0.29, 0.717) is 5.25 Å². The zero-order chi connectivity index (χ0) is 12.0. The molecule has 0 bridgehead atoms. The van der Waals surface area contributed by atoms with Crippen LogP contribution in [0.5, 0.6) is 0 Å². The Balaban J connectivity index is 2.19. The van der Waals surface area contributed by atoms with Crippen LogP contribution in [-0.2, 0) is 6.54 Å². The molecular formula is C10H16N2O2S2. The normalized spacial score (nSPS) is 10.9. The molecule has 90 valence electrons. The van der Waals surface area contributed by atoms with E-state index in [1.54, 1.807) is 6.07 Å². The summed E-state index contributed by atoms with van der Waals surface area (Å²) in [6.07, 6.45) is 0. The molecule has 1 aromatic heterocycles. The van der Waals surface area contributed by atoms with E-state index in [2.05, 4.69) is 19.2 Å². The van der Waals surface area contributed by atoms with Gasteiger partial charge in [-0.1, -0.05) is 25.2 Å². The Hall–Kier alpha value is -0.590. The zero-order valence-corrected chi connectivity index (χ0v) is 11.1. The van der Waals surface area contributed by atoms with Crippen LogP contribution >= 0.6 is 23.1 Å². The third kappa shape index (κ3) is 4.96. The predicted octanol–water partition coefficient (Wildman–Crippen LogP) is 2.89. The molecule has 1 N–H and O–H groups in total. The number of hydrogen-bond acceptors (Lipinski definition) is 5. The summed E-state index contributed by atoms with van der Waals surface area (Å²) in [6, 6.07) is 3.37. The largest absolute Gasteiger partial charge is 0.324 e. The number of nitro groups is 1. The molecule has 16 heavy (non-hydrogen) atoms. The highest BCUT2D eigenvalue weighted by Crippen LogP contribution is 2.23. The molecule has 0 aliphatic carbocycles. The maximum Gasteiger partial charge on any atom is 0.324 e. The lowest BCUT2D eigenvalue weighted by molar-refractivity contribution is -0.380. The summed E-state index contributed by atoms with van der Waals surface area (Å²) in [5.41, 5.74) is 0. The average molecular weight is 260 g/mol. The van der Waals surface area contributed by atoms with E-state index < -0.39 is 0 Å². The van der Waals surface area contributed by atoms with Crippen LogP contribution in [-0.4, -0.2) is 22.5 Å². The lowest BCUT2D eigenvalue weighted by Crippen LogP contribution is -2.16. The van der Waals surface area contributed by atoms with Crippen molar-refractivity contribution >= 4 is 28.1 Å². The van der Waals surface area contributed by atoms with Crippen LogP contribution in [0.3, 0.4) is 0 Å². The van der Waals surface area contributed by atoms with Crippen molar-refractivity contribution in [1.29, 1.82) is 0 Å². The second-order valence-corrected chi connectivity index (χ2v) is 6.42. The van der Waals surface area contributed by atoms with Gasteiger partial charge in [-0.2, -0.15) is 11.8 Å². The van der Waals surface area contributed by atoms with Crippen LogP contribution in [0.4, 0.5) is 5.00 Å². The van der Waals surface area contributed by atoms with Crippen molar-refractivity contribution < 1.29 is 4.92 Å². The monoisotopic (exact) mass is 260 g/mol. The Morgan fingerprint density at radius 3 is 2.88 bits per heavy atom. The Morgan fingerprint density at radius 1 is 1.56 bits per heavy atom. The van der Waals surface area contributed by atoms with Gasteiger partial charge in [-0.15, -0.1) is 0 Å². The van der Waals surface area contributed by atoms with E-state index in [1.165, 1.54) is 11.3 Å². The van der Waals surface area contributed by atoms with E-state index in [1.807, 2.05) is 17.8 Å². The minimum Gasteiger partial charge on any atom is -0.311 e. The molecule has 0 aromatic carbocycles. The number of rotatable bonds is 7. The summed E-state index contributed by atoms with van der Waals surface area (Å²) in [7, 11) is 0. The fourth-order valence-electron chi connectivity index (χ4n) is 1.14. The van der Waals surface area contributed by atoms with Gasteiger partial charge in [-0.3, -0.25) is 10.1 Å². The fraction of sp³-hybridized carbons (Fsp3) is 0.600. The molecule has 6 heteroatoms. The van der Waals surface area contributed by atoms with E-state index in [-0.39, 0.29) is 9.92 Å². The molecule has 0 fully saturated rings. The molecule has 1 aromatic rings. The summed E-state index contributed by atoms with van der Waals surface area (Å²) in [5.74, 6) is 1.07. The lowest BCUT2D eigenvalue weighted by Gasteiger charge is -2.05. The van der Waals surface area contributed by atoms with E-state index in [4.69, 9.17) is 0 Å². The van der Waals surface area contributed by atoms with Gasteiger partial charge in [-0.05, 0) is 11.3 Å². The molecule has 4 nitrogen and oxygen atoms in total. The first-order valence-electron chi connectivity index (χ1n) is 5.15. The van der Waals surface area contributed by atoms with Gasteiger partial charge in [-0.25, -0.2) is 0 Å². The van der Waals surface area contributed by atoms with Gasteiger partial charge in [0.05, 0.1) is 4.92 Å². The molecule has 0 unspecified atom stereocenters. The van der Waals surface area contributed by atoms with Gasteiger partial charge in [0.1, 0.15) is 0 Å². The topological polar surface area (TPSA) is 55.2 Å². The van der Waals surface area contributed by atoms with E-state index in [9.17, 15) is 10.1 Å². The average Bonchev–Trinajstić information content (AvgIpc) is 2.65. The molecule has 1 rings (SSSR count). The maximum absolute atomic E-state index is 10.5. The minimum absolute atomic E-state index is 0.216. The predicted molar refractivity (Wildman–Crippen MR) is 70.3 cm³/mol. The first-order valence-corrected chi connectivity index (χ1v) is 7.01. The number of hydrogen-bond donors (Lipinski definition) is 1. The SMILES string of the molecule is CC(C)SCCNCc1ccc([N+](=O)[O-])s1. The molecule has 0 amide bonds. The van der Waals surface area contributed by atoms with Crippen molar-refractivity contribution in [2.45, 2.75) is 25.6 Å². The van der Waals surface area contributed by atoms with Crippen molar-refractivity contribution in [3.63, 3.8) is 0 Å². The van der Waals surface area contributed by atoms with Gasteiger partial charge >= 0.3 is 5.00 Å². The molecule has 0 saturated carbocycles. The van der Waals surface area contributed by atoms with Crippen molar-refractivity contribution in [2.24, 2.45) is 0 Å². The molecule has 0 aliphatic heterocycles. The number of nitrogens with zero attached hydrogens (tertiary/aromatic N) is 1. The second-order valence-electron chi connectivity index (χ2n) is 3.59. The zero-order valence-electron chi connectivity index (χ0n) is 9.43. The standard InChI is InChI=1S/C10H16N2O2S2/c1-8(2)15-6-5-11-7-9-3-4-10(16-9)12(13)14/h3-4,8,11H,5-7H2,1-2H3. The first-order chi connectivity index (χ1) is 7.59. The van der Waals surface area contributed by atoms with Crippen molar-refractivity contribution in [3.8, 4) is 0 Å². The highest BCUT2D eigenvalue weighted by molar-refractivity contribution is 7.99. The summed E-state index contributed by atoms with van der Waals surface area (Å²) in [4.78, 5) is 11.1. The molecule has 1 heterocycles. The molecule has 0 aliphatic rings. The Labute approximate surface area is 104 Å². The van der Waals surface area contributed by atoms with Crippen LogP contribution in [0.1, 0.15) is 18.7 Å². The number of thioether (sulfide) groups is 1. The van der Waals surface area contributed by atoms with Crippen molar-refractivity contribution in [3.05, 3.63) is 27.1 Å². The van der Waals surface area contributed by atoms with Crippen LogP contribution in [0.2, 0.25) is 0 Å². The third-order valence-corrected chi connectivity index (χ3v) is 4.00. The van der Waals surface area contributed by atoms with Gasteiger partial charge in [0.15, 0.2) is 0 Å². The lowest BCUT2D eigenvalue weighted by atomic mass is 10.4. The fourth-order valence-corrected chi connectivity index (χ4v) is 2.66. The number of nitrogens with one attached hydrogen (secondary N) is 1. The second kappa shape index (κ2) is 6.88. The van der Waals surface area contributed by atoms with E-state index >= 15 is 0 Å². The van der Waals surface area contributed by atoms with Crippen LogP contribution in [0.25, 0.3) is 0 Å². The molecular weight excluding hydrogens is 244 g/mol. The van der Waals surface area contributed by atoms with Crippen molar-refractivity contribution in [1.82, 2.24) is 5.32 Å². The van der Waals surface area contributed by atoms with Gasteiger partial charge in [0, 0.05) is 29.8 Å². The first kappa shape index (κ1) is 13.5. The maximum atomic E-state index is 10.5. The molecule has 0 saturated heterocycles. The minimum atomic E-state index is -0.344. The van der Waals surface area contributed by atoms with Crippen LogP contribution in [0, 0.1) is 10.1 Å². The Bertz CT molecular complexity index is 339. The molecule has 0 radical (unpaired) electrons. The highest BCUT2D eigenvalue weighted by atomic mass is 32.2. The van der Waals surface area contributed by atoms with Crippen molar-refractivity contribution in [2.75, 3.05) is 12.3 Å². The molecule has 0 spiro atoms. The van der Waals surface area contributed by atoms with E-state index in [0.717, 1.165) is 23.7 Å². The van der Waals surface area contributed by atoms with Crippen LogP contribution < -0.4 is 5.32 Å². The molecule has 0 atom stereocenters.